The summed E-state index contributed by atoms with van der Waals surface area (Å²) in [7, 11) is 0. The van der Waals surface area contributed by atoms with Crippen LogP contribution in [0.5, 0.6) is 5.75 Å². The Hall–Kier alpha value is -2.08. The molecular formula is C31H48ClFN2O3. The highest BCUT2D eigenvalue weighted by Crippen LogP contribution is 2.38. The molecule has 1 aromatic carbocycles. The van der Waals surface area contributed by atoms with Crippen LogP contribution in [-0.2, 0) is 6.42 Å². The summed E-state index contributed by atoms with van der Waals surface area (Å²) in [5.74, 6) is -0.0185. The van der Waals surface area contributed by atoms with Crippen molar-refractivity contribution in [1.82, 2.24) is 10.5 Å². The molecule has 0 aliphatic heterocycles. The fourth-order valence-corrected chi connectivity index (χ4v) is 4.94. The number of carbonyl (C=O) groups is 1. The van der Waals surface area contributed by atoms with E-state index in [1.54, 1.807) is 6.07 Å². The van der Waals surface area contributed by atoms with E-state index in [0.717, 1.165) is 19.3 Å². The summed E-state index contributed by atoms with van der Waals surface area (Å²) in [4.78, 5) is 12.5. The average molecular weight is 551 g/mol. The highest BCUT2D eigenvalue weighted by Gasteiger charge is 2.25. The van der Waals surface area contributed by atoms with Crippen LogP contribution in [0.25, 0.3) is 11.3 Å². The summed E-state index contributed by atoms with van der Waals surface area (Å²) in [6, 6.07) is 4.37. The molecule has 0 spiro atoms. The number of aromatic nitrogens is 1. The summed E-state index contributed by atoms with van der Waals surface area (Å²) in [5, 5.41) is 6.93. The first-order chi connectivity index (χ1) is 18.6. The molecule has 2 aromatic rings. The molecule has 0 saturated carbocycles. The number of carbonyl (C=O) groups excluding carboxylic acids is 1. The fourth-order valence-electron chi connectivity index (χ4n) is 4.68. The molecule has 38 heavy (non-hydrogen) atoms. The molecule has 1 aromatic heterocycles. The van der Waals surface area contributed by atoms with Gasteiger partial charge in [-0.25, -0.2) is 9.18 Å². The molecule has 0 radical (unpaired) electrons. The summed E-state index contributed by atoms with van der Waals surface area (Å²) in [6.07, 6.45) is 21.6. The van der Waals surface area contributed by atoms with E-state index in [1.807, 2.05) is 6.92 Å². The van der Waals surface area contributed by atoms with Crippen molar-refractivity contribution in [2.75, 3.05) is 6.54 Å². The van der Waals surface area contributed by atoms with E-state index >= 15 is 0 Å². The van der Waals surface area contributed by atoms with Crippen molar-refractivity contribution in [3.63, 3.8) is 0 Å². The first-order valence-corrected chi connectivity index (χ1v) is 15.3. The molecule has 0 aliphatic carbocycles. The number of rotatable bonds is 21. The van der Waals surface area contributed by atoms with Crippen LogP contribution in [0.2, 0.25) is 5.02 Å². The zero-order chi connectivity index (χ0) is 27.4. The number of hydrogen-bond donors (Lipinski definition) is 1. The number of benzene rings is 1. The number of nitrogens with one attached hydrogen (secondary N) is 1. The van der Waals surface area contributed by atoms with Gasteiger partial charge in [0.05, 0.1) is 10.6 Å². The molecule has 1 heterocycles. The van der Waals surface area contributed by atoms with Crippen LogP contribution >= 0.6 is 11.6 Å². The van der Waals surface area contributed by atoms with Crippen LogP contribution in [0.4, 0.5) is 9.18 Å². The number of hydrogen-bond acceptors (Lipinski definition) is 4. The van der Waals surface area contributed by atoms with Gasteiger partial charge in [-0.15, -0.1) is 0 Å². The minimum Gasteiger partial charge on any atom is -0.404 e. The van der Waals surface area contributed by atoms with Gasteiger partial charge in [0.1, 0.15) is 5.82 Å². The summed E-state index contributed by atoms with van der Waals surface area (Å²) < 4.78 is 25.3. The lowest BCUT2D eigenvalue weighted by molar-refractivity contribution is 0.199. The molecule has 2 rings (SSSR count). The van der Waals surface area contributed by atoms with Crippen molar-refractivity contribution < 1.29 is 18.4 Å². The first kappa shape index (κ1) is 32.1. The predicted octanol–water partition coefficient (Wildman–Crippen LogP) is 10.4. The number of nitrogens with zero attached hydrogens (tertiary/aromatic N) is 1. The Morgan fingerprint density at radius 1 is 0.868 bits per heavy atom. The Kier molecular flexibility index (Phi) is 16.8. The molecule has 0 aliphatic rings. The van der Waals surface area contributed by atoms with E-state index in [9.17, 15) is 9.18 Å². The summed E-state index contributed by atoms with van der Waals surface area (Å²) in [6.45, 7) is 4.77. The van der Waals surface area contributed by atoms with Crippen molar-refractivity contribution in [3.05, 3.63) is 34.8 Å². The van der Waals surface area contributed by atoms with Crippen molar-refractivity contribution in [2.24, 2.45) is 0 Å². The third kappa shape index (κ3) is 12.2. The molecule has 0 unspecified atom stereocenters. The van der Waals surface area contributed by atoms with Gasteiger partial charge in [0.15, 0.2) is 11.5 Å². The van der Waals surface area contributed by atoms with E-state index in [4.69, 9.17) is 20.9 Å². The molecule has 0 atom stereocenters. The van der Waals surface area contributed by atoms with Crippen LogP contribution in [0.3, 0.4) is 0 Å². The smallest absolute Gasteiger partial charge is 0.404 e. The number of amides is 1. The van der Waals surface area contributed by atoms with Gasteiger partial charge in [-0.3, -0.25) is 0 Å². The molecule has 0 bridgehead atoms. The lowest BCUT2D eigenvalue weighted by Crippen LogP contribution is -2.28. The van der Waals surface area contributed by atoms with Crippen LogP contribution in [0.1, 0.15) is 129 Å². The second kappa shape index (κ2) is 19.9. The van der Waals surface area contributed by atoms with Crippen molar-refractivity contribution in [1.29, 1.82) is 0 Å². The van der Waals surface area contributed by atoms with Crippen molar-refractivity contribution in [2.45, 2.75) is 129 Å². The van der Waals surface area contributed by atoms with E-state index in [2.05, 4.69) is 17.4 Å². The lowest BCUT2D eigenvalue weighted by atomic mass is 10.0. The normalized spacial score (nSPS) is 11.2. The van der Waals surface area contributed by atoms with Crippen LogP contribution in [0.15, 0.2) is 22.7 Å². The van der Waals surface area contributed by atoms with Gasteiger partial charge in [-0.1, -0.05) is 133 Å². The Morgan fingerprint density at radius 2 is 1.42 bits per heavy atom. The van der Waals surface area contributed by atoms with Gasteiger partial charge >= 0.3 is 6.09 Å². The van der Waals surface area contributed by atoms with Crippen molar-refractivity contribution in [3.8, 4) is 17.0 Å². The van der Waals surface area contributed by atoms with Crippen molar-refractivity contribution >= 4 is 17.7 Å². The molecular weight excluding hydrogens is 503 g/mol. The monoisotopic (exact) mass is 550 g/mol. The van der Waals surface area contributed by atoms with Gasteiger partial charge < -0.3 is 14.6 Å². The van der Waals surface area contributed by atoms with Gasteiger partial charge in [0, 0.05) is 13.0 Å². The van der Waals surface area contributed by atoms with Gasteiger partial charge in [0.2, 0.25) is 5.75 Å². The maximum Gasteiger partial charge on any atom is 0.412 e. The first-order valence-electron chi connectivity index (χ1n) is 15.0. The average Bonchev–Trinajstić information content (AvgIpc) is 3.27. The Bertz CT molecular complexity index is 898. The van der Waals surface area contributed by atoms with E-state index in [1.165, 1.54) is 102 Å². The molecule has 0 fully saturated rings. The Balaban J connectivity index is 1.57. The predicted molar refractivity (Wildman–Crippen MR) is 154 cm³/mol. The van der Waals surface area contributed by atoms with Crippen LogP contribution in [-0.4, -0.2) is 17.8 Å². The standard InChI is InChI=1S/C31H48ClFN2O3/c1-3-5-6-7-8-9-10-11-12-13-14-15-16-17-18-19-24-34-31(36)37-30-27(21-4-2)38-35-29(30)28-25(32)22-20-23-26(28)33/h20,22-23H,3-19,21,24H2,1-2H3,(H,34,36). The second-order valence-corrected chi connectivity index (χ2v) is 10.7. The molecule has 1 N–H and O–H groups in total. The maximum atomic E-state index is 14.5. The molecule has 7 heteroatoms. The Labute approximate surface area is 234 Å². The number of ether oxygens (including phenoxy) is 1. The largest absolute Gasteiger partial charge is 0.412 e. The highest BCUT2D eigenvalue weighted by molar-refractivity contribution is 6.33. The van der Waals surface area contributed by atoms with E-state index in [-0.39, 0.29) is 22.0 Å². The topological polar surface area (TPSA) is 64.4 Å². The molecule has 5 nitrogen and oxygen atoms in total. The third-order valence-corrected chi connectivity index (χ3v) is 7.20. The van der Waals surface area contributed by atoms with Crippen LogP contribution in [0, 0.1) is 5.82 Å². The van der Waals surface area contributed by atoms with Crippen LogP contribution < -0.4 is 10.1 Å². The van der Waals surface area contributed by atoms with E-state index in [0.29, 0.717) is 18.7 Å². The molecule has 214 valence electrons. The lowest BCUT2D eigenvalue weighted by Gasteiger charge is -2.09. The highest BCUT2D eigenvalue weighted by atomic mass is 35.5. The quantitative estimate of drug-likeness (QED) is 0.157. The minimum atomic E-state index is -0.597. The summed E-state index contributed by atoms with van der Waals surface area (Å²) >= 11 is 6.20. The second-order valence-electron chi connectivity index (χ2n) is 10.2. The van der Waals surface area contributed by atoms with E-state index < -0.39 is 11.9 Å². The maximum absolute atomic E-state index is 14.5. The number of aryl methyl sites for hydroxylation is 1. The third-order valence-electron chi connectivity index (χ3n) is 6.89. The Morgan fingerprint density at radius 3 is 1.95 bits per heavy atom. The molecule has 1 amide bonds. The SMILES string of the molecule is CCCCCCCCCCCCCCCCCCNC(=O)Oc1c(-c2c(F)cccc2Cl)noc1CCC. The summed E-state index contributed by atoms with van der Waals surface area (Å²) in [5.41, 5.74) is 0.176. The zero-order valence-electron chi connectivity index (χ0n) is 23.6. The number of unbranched alkanes of at least 4 members (excludes halogenated alkanes) is 15. The zero-order valence-corrected chi connectivity index (χ0v) is 24.4. The fraction of sp³-hybridized carbons (Fsp3) is 0.677. The van der Waals surface area contributed by atoms with Gasteiger partial charge in [-0.2, -0.15) is 0 Å². The van der Waals surface area contributed by atoms with Gasteiger partial charge in [0.25, 0.3) is 0 Å². The minimum absolute atomic E-state index is 0.0703. The molecule has 0 saturated heterocycles. The number of halogens is 2. The van der Waals surface area contributed by atoms with Gasteiger partial charge in [-0.05, 0) is 25.0 Å².